The number of aromatic carboxylic acids is 1. The number of rotatable bonds is 5. The van der Waals surface area contributed by atoms with Gasteiger partial charge in [-0.25, -0.2) is 4.79 Å². The molecule has 0 radical (unpaired) electrons. The normalized spacial score (nSPS) is 11.2. The minimum atomic E-state index is -0.900. The van der Waals surface area contributed by atoms with Crippen LogP contribution in [-0.4, -0.2) is 11.1 Å². The number of hydrogen-bond donors (Lipinski definition) is 1. The zero-order chi connectivity index (χ0) is 15.2. The highest BCUT2D eigenvalue weighted by atomic mass is 16.4. The zero-order valence-corrected chi connectivity index (χ0v) is 12.4. The summed E-state index contributed by atoms with van der Waals surface area (Å²) in [4.78, 5) is 10.9. The van der Waals surface area contributed by atoms with E-state index in [0.29, 0.717) is 11.5 Å². The van der Waals surface area contributed by atoms with Crippen LogP contribution in [0.15, 0.2) is 48.5 Å². The lowest BCUT2D eigenvalue weighted by atomic mass is 10.0. The second-order valence-electron chi connectivity index (χ2n) is 5.60. The molecule has 2 nitrogen and oxygen atoms in total. The van der Waals surface area contributed by atoms with Crippen molar-refractivity contribution in [2.45, 2.75) is 20.3 Å². The van der Waals surface area contributed by atoms with Crippen molar-refractivity contribution in [2.75, 3.05) is 0 Å². The zero-order valence-electron chi connectivity index (χ0n) is 12.4. The Balaban J connectivity index is 2.10. The maximum absolute atomic E-state index is 10.9. The van der Waals surface area contributed by atoms with Crippen LogP contribution in [0.1, 0.15) is 40.9 Å². The molecule has 0 fully saturated rings. The Kier molecular flexibility index (Phi) is 4.94. The monoisotopic (exact) mass is 280 g/mol. The van der Waals surface area contributed by atoms with Crippen molar-refractivity contribution in [3.8, 4) is 0 Å². The smallest absolute Gasteiger partial charge is 0.335 e. The largest absolute Gasteiger partial charge is 0.478 e. The Labute approximate surface area is 125 Å². The van der Waals surface area contributed by atoms with Crippen LogP contribution >= 0.6 is 0 Å². The van der Waals surface area contributed by atoms with Gasteiger partial charge in [0.2, 0.25) is 0 Å². The summed E-state index contributed by atoms with van der Waals surface area (Å²) in [7, 11) is 0. The van der Waals surface area contributed by atoms with Crippen molar-refractivity contribution in [1.82, 2.24) is 0 Å². The first kappa shape index (κ1) is 15.0. The van der Waals surface area contributed by atoms with Gasteiger partial charge in [-0.3, -0.25) is 0 Å². The fourth-order valence-corrected chi connectivity index (χ4v) is 2.20. The third kappa shape index (κ3) is 4.60. The van der Waals surface area contributed by atoms with Crippen LogP contribution in [-0.2, 0) is 6.42 Å². The molecular formula is C19H20O2. The molecule has 0 aromatic heterocycles. The lowest BCUT2D eigenvalue weighted by molar-refractivity contribution is 0.0697. The van der Waals surface area contributed by atoms with E-state index in [2.05, 4.69) is 38.1 Å². The summed E-state index contributed by atoms with van der Waals surface area (Å²) in [6.07, 6.45) is 5.02. The average Bonchev–Trinajstić information content (AvgIpc) is 2.46. The molecule has 1 N–H and O–H groups in total. The Hall–Kier alpha value is -2.35. The predicted molar refractivity (Wildman–Crippen MR) is 87.3 cm³/mol. The topological polar surface area (TPSA) is 37.3 Å². The summed E-state index contributed by atoms with van der Waals surface area (Å²) in [5.41, 5.74) is 3.66. The first-order valence-electron chi connectivity index (χ1n) is 7.15. The molecule has 21 heavy (non-hydrogen) atoms. The van der Waals surface area contributed by atoms with E-state index in [4.69, 9.17) is 5.11 Å². The summed E-state index contributed by atoms with van der Waals surface area (Å²) in [6.45, 7) is 4.42. The van der Waals surface area contributed by atoms with Crippen molar-refractivity contribution < 1.29 is 9.90 Å². The molecule has 0 bridgehead atoms. The van der Waals surface area contributed by atoms with Gasteiger partial charge < -0.3 is 5.11 Å². The van der Waals surface area contributed by atoms with E-state index in [9.17, 15) is 4.79 Å². The third-order valence-electron chi connectivity index (χ3n) is 3.23. The van der Waals surface area contributed by atoms with Crippen LogP contribution in [0.5, 0.6) is 0 Å². The van der Waals surface area contributed by atoms with Gasteiger partial charge in [0.05, 0.1) is 5.56 Å². The minimum Gasteiger partial charge on any atom is -0.478 e. The van der Waals surface area contributed by atoms with Gasteiger partial charge in [0.25, 0.3) is 0 Å². The summed E-state index contributed by atoms with van der Waals surface area (Å²) in [5.74, 6) is -0.242. The van der Waals surface area contributed by atoms with Crippen LogP contribution in [0.2, 0.25) is 0 Å². The van der Waals surface area contributed by atoms with Crippen molar-refractivity contribution in [2.24, 2.45) is 5.92 Å². The van der Waals surface area contributed by atoms with E-state index in [-0.39, 0.29) is 0 Å². The molecule has 0 saturated heterocycles. The molecule has 0 spiro atoms. The second kappa shape index (κ2) is 6.89. The number of carboxylic acid groups (broad SMARTS) is 1. The van der Waals surface area contributed by atoms with Crippen molar-refractivity contribution >= 4 is 18.1 Å². The summed E-state index contributed by atoms with van der Waals surface area (Å²) in [6, 6.07) is 15.4. The van der Waals surface area contributed by atoms with E-state index < -0.39 is 5.97 Å². The fraction of sp³-hybridized carbons (Fsp3) is 0.211. The summed E-state index contributed by atoms with van der Waals surface area (Å²) >= 11 is 0. The molecule has 2 aromatic rings. The van der Waals surface area contributed by atoms with Gasteiger partial charge in [-0.05, 0) is 41.2 Å². The van der Waals surface area contributed by atoms with Gasteiger partial charge in [-0.15, -0.1) is 0 Å². The Morgan fingerprint density at radius 1 is 1.05 bits per heavy atom. The quantitative estimate of drug-likeness (QED) is 0.802. The molecule has 0 atom stereocenters. The van der Waals surface area contributed by atoms with Gasteiger partial charge in [0, 0.05) is 0 Å². The maximum atomic E-state index is 10.9. The summed E-state index contributed by atoms with van der Waals surface area (Å²) < 4.78 is 0. The van der Waals surface area contributed by atoms with E-state index in [1.807, 2.05) is 18.2 Å². The molecule has 0 heterocycles. The standard InChI is InChI=1S/C19H20O2/c1-14(2)12-17-10-7-15(8-11-17)6-9-16-4-3-5-18(13-16)19(20)21/h3-11,13-14H,12H2,1-2H3,(H,20,21). The Morgan fingerprint density at radius 2 is 1.71 bits per heavy atom. The second-order valence-corrected chi connectivity index (χ2v) is 5.60. The van der Waals surface area contributed by atoms with E-state index in [0.717, 1.165) is 17.5 Å². The molecule has 108 valence electrons. The molecule has 2 heteroatoms. The average molecular weight is 280 g/mol. The first-order valence-corrected chi connectivity index (χ1v) is 7.15. The van der Waals surface area contributed by atoms with Crippen LogP contribution in [0.4, 0.5) is 0 Å². The highest BCUT2D eigenvalue weighted by Gasteiger charge is 2.01. The maximum Gasteiger partial charge on any atom is 0.335 e. The lowest BCUT2D eigenvalue weighted by Crippen LogP contribution is -1.95. The number of carboxylic acids is 1. The SMILES string of the molecule is CC(C)Cc1ccc(C=Cc2cccc(C(=O)O)c2)cc1. The lowest BCUT2D eigenvalue weighted by Gasteiger charge is -2.04. The first-order chi connectivity index (χ1) is 10.0. The van der Waals surface area contributed by atoms with Crippen molar-refractivity contribution in [1.29, 1.82) is 0 Å². The molecule has 2 rings (SSSR count). The van der Waals surface area contributed by atoms with Gasteiger partial charge in [-0.2, -0.15) is 0 Å². The van der Waals surface area contributed by atoms with E-state index in [1.54, 1.807) is 18.2 Å². The predicted octanol–water partition coefficient (Wildman–Crippen LogP) is 4.75. The molecular weight excluding hydrogens is 260 g/mol. The van der Waals surface area contributed by atoms with Crippen molar-refractivity contribution in [3.63, 3.8) is 0 Å². The number of benzene rings is 2. The van der Waals surface area contributed by atoms with Gasteiger partial charge in [0.1, 0.15) is 0 Å². The van der Waals surface area contributed by atoms with Crippen LogP contribution in [0.3, 0.4) is 0 Å². The molecule has 0 aliphatic heterocycles. The third-order valence-corrected chi connectivity index (χ3v) is 3.23. The van der Waals surface area contributed by atoms with Gasteiger partial charge >= 0.3 is 5.97 Å². The fourth-order valence-electron chi connectivity index (χ4n) is 2.20. The molecule has 0 aliphatic rings. The molecule has 2 aromatic carbocycles. The molecule has 0 unspecified atom stereocenters. The molecule has 0 saturated carbocycles. The van der Waals surface area contributed by atoms with E-state index >= 15 is 0 Å². The van der Waals surface area contributed by atoms with Crippen molar-refractivity contribution in [3.05, 3.63) is 70.8 Å². The minimum absolute atomic E-state index is 0.310. The van der Waals surface area contributed by atoms with E-state index in [1.165, 1.54) is 5.56 Å². The van der Waals surface area contributed by atoms with Crippen LogP contribution < -0.4 is 0 Å². The molecule has 0 aliphatic carbocycles. The van der Waals surface area contributed by atoms with Gasteiger partial charge in [0.15, 0.2) is 0 Å². The van der Waals surface area contributed by atoms with Crippen LogP contribution in [0.25, 0.3) is 12.2 Å². The van der Waals surface area contributed by atoms with Crippen LogP contribution in [0, 0.1) is 5.92 Å². The Bertz CT molecular complexity index is 637. The highest BCUT2D eigenvalue weighted by Crippen LogP contribution is 2.13. The number of carbonyl (C=O) groups is 1. The Morgan fingerprint density at radius 3 is 2.33 bits per heavy atom. The highest BCUT2D eigenvalue weighted by molar-refractivity contribution is 5.88. The molecule has 0 amide bonds. The number of hydrogen-bond acceptors (Lipinski definition) is 1. The van der Waals surface area contributed by atoms with Gasteiger partial charge in [-0.1, -0.05) is 62.4 Å². The summed E-state index contributed by atoms with van der Waals surface area (Å²) in [5, 5.41) is 8.97.